The highest BCUT2D eigenvalue weighted by molar-refractivity contribution is 5.55. The van der Waals surface area contributed by atoms with Crippen LogP contribution in [0, 0.1) is 11.3 Å². The van der Waals surface area contributed by atoms with Gasteiger partial charge in [-0.05, 0) is 18.6 Å². The number of methoxy groups -OCH3 is 1. The van der Waals surface area contributed by atoms with Crippen molar-refractivity contribution >= 4 is 0 Å². The molecule has 0 radical (unpaired) electrons. The summed E-state index contributed by atoms with van der Waals surface area (Å²) in [4.78, 5) is 0. The Morgan fingerprint density at radius 3 is 2.84 bits per heavy atom. The van der Waals surface area contributed by atoms with E-state index < -0.39 is 0 Å². The molecule has 102 valence electrons. The van der Waals surface area contributed by atoms with Crippen molar-refractivity contribution in [3.05, 3.63) is 23.3 Å². The second kappa shape index (κ2) is 6.44. The molecule has 1 fully saturated rings. The van der Waals surface area contributed by atoms with Crippen molar-refractivity contribution in [3.63, 3.8) is 0 Å². The Morgan fingerprint density at radius 1 is 1.47 bits per heavy atom. The highest BCUT2D eigenvalue weighted by Gasteiger charge is 2.27. The first-order chi connectivity index (χ1) is 9.30. The Kier molecular flexibility index (Phi) is 4.64. The molecule has 0 amide bonds. The molecule has 1 aliphatic rings. The molecule has 0 bridgehead atoms. The molecule has 0 aliphatic carbocycles. The maximum absolute atomic E-state index is 9.22. The van der Waals surface area contributed by atoms with Gasteiger partial charge in [-0.25, -0.2) is 0 Å². The molecule has 1 aromatic carbocycles. The van der Waals surface area contributed by atoms with Gasteiger partial charge in [-0.3, -0.25) is 0 Å². The van der Waals surface area contributed by atoms with Crippen LogP contribution in [0.2, 0.25) is 0 Å². The number of hydrogen-bond donors (Lipinski definition) is 0. The molecule has 19 heavy (non-hydrogen) atoms. The van der Waals surface area contributed by atoms with E-state index in [1.165, 1.54) is 0 Å². The van der Waals surface area contributed by atoms with Gasteiger partial charge >= 0.3 is 0 Å². The summed E-state index contributed by atoms with van der Waals surface area (Å²) in [5.41, 5.74) is 1.54. The standard InChI is InChI=1S/C15H19NO3/c1-3-4-7-18-15-13(8-12-10-19-12)11(9-16)5-6-14(15)17-2/h5-6,12H,3-4,7-8,10H2,1-2H3. The van der Waals surface area contributed by atoms with Gasteiger partial charge in [0.2, 0.25) is 0 Å². The van der Waals surface area contributed by atoms with Gasteiger partial charge in [0.25, 0.3) is 0 Å². The van der Waals surface area contributed by atoms with Crippen molar-refractivity contribution < 1.29 is 14.2 Å². The molecule has 0 aromatic heterocycles. The lowest BCUT2D eigenvalue weighted by atomic mass is 10.0. The zero-order valence-electron chi connectivity index (χ0n) is 11.4. The quantitative estimate of drug-likeness (QED) is 0.559. The van der Waals surface area contributed by atoms with E-state index in [0.29, 0.717) is 30.1 Å². The van der Waals surface area contributed by atoms with E-state index in [4.69, 9.17) is 14.2 Å². The number of nitrogens with zero attached hydrogens (tertiary/aromatic N) is 1. The largest absolute Gasteiger partial charge is 0.493 e. The number of unbranched alkanes of at least 4 members (excludes halogenated alkanes) is 1. The van der Waals surface area contributed by atoms with E-state index in [-0.39, 0.29) is 6.10 Å². The van der Waals surface area contributed by atoms with Gasteiger partial charge in [-0.15, -0.1) is 0 Å². The summed E-state index contributed by atoms with van der Waals surface area (Å²) >= 11 is 0. The molecule has 1 aromatic rings. The van der Waals surface area contributed by atoms with Gasteiger partial charge in [0.05, 0.1) is 38.1 Å². The van der Waals surface area contributed by atoms with Gasteiger partial charge in [0.15, 0.2) is 11.5 Å². The van der Waals surface area contributed by atoms with Crippen LogP contribution in [0.25, 0.3) is 0 Å². The fraction of sp³-hybridized carbons (Fsp3) is 0.533. The zero-order valence-corrected chi connectivity index (χ0v) is 11.4. The molecule has 0 spiro atoms. The minimum Gasteiger partial charge on any atom is -0.493 e. The molecule has 1 saturated heterocycles. The number of ether oxygens (including phenoxy) is 3. The van der Waals surface area contributed by atoms with Crippen LogP contribution in [0.4, 0.5) is 0 Å². The monoisotopic (exact) mass is 261 g/mol. The predicted octanol–water partition coefficient (Wildman–Crippen LogP) is 2.69. The van der Waals surface area contributed by atoms with Gasteiger partial charge in [0, 0.05) is 12.0 Å². The van der Waals surface area contributed by atoms with Crippen LogP contribution in [-0.2, 0) is 11.2 Å². The fourth-order valence-electron chi connectivity index (χ4n) is 1.96. The number of hydrogen-bond acceptors (Lipinski definition) is 4. The minimum absolute atomic E-state index is 0.215. The van der Waals surface area contributed by atoms with Gasteiger partial charge in [0.1, 0.15) is 0 Å². The number of nitriles is 1. The molecule has 4 nitrogen and oxygen atoms in total. The molecule has 1 aliphatic heterocycles. The van der Waals surface area contributed by atoms with Crippen LogP contribution in [-0.4, -0.2) is 26.4 Å². The smallest absolute Gasteiger partial charge is 0.165 e. The molecule has 1 atom stereocenters. The second-order valence-electron chi connectivity index (χ2n) is 4.60. The Hall–Kier alpha value is -1.73. The van der Waals surface area contributed by atoms with Crippen LogP contribution in [0.3, 0.4) is 0 Å². The summed E-state index contributed by atoms with van der Waals surface area (Å²) in [5, 5.41) is 9.22. The second-order valence-corrected chi connectivity index (χ2v) is 4.60. The summed E-state index contributed by atoms with van der Waals surface area (Å²) < 4.78 is 16.4. The number of epoxide rings is 1. The van der Waals surface area contributed by atoms with Crippen LogP contribution in [0.1, 0.15) is 30.9 Å². The Morgan fingerprint density at radius 2 is 2.26 bits per heavy atom. The Labute approximate surface area is 113 Å². The number of rotatable bonds is 7. The molecule has 2 rings (SSSR count). The Bertz CT molecular complexity index is 475. The van der Waals surface area contributed by atoms with Crippen LogP contribution >= 0.6 is 0 Å². The lowest BCUT2D eigenvalue weighted by Gasteiger charge is -2.15. The van der Waals surface area contributed by atoms with E-state index in [1.54, 1.807) is 19.2 Å². The predicted molar refractivity (Wildman–Crippen MR) is 71.6 cm³/mol. The maximum Gasteiger partial charge on any atom is 0.165 e. The zero-order chi connectivity index (χ0) is 13.7. The summed E-state index contributed by atoms with van der Waals surface area (Å²) in [7, 11) is 1.62. The van der Waals surface area contributed by atoms with Crippen molar-refractivity contribution in [2.24, 2.45) is 0 Å². The summed E-state index contributed by atoms with van der Waals surface area (Å²) in [6, 6.07) is 5.79. The van der Waals surface area contributed by atoms with Gasteiger partial charge < -0.3 is 14.2 Å². The first-order valence-electron chi connectivity index (χ1n) is 6.64. The molecule has 4 heteroatoms. The van der Waals surface area contributed by atoms with Crippen molar-refractivity contribution in [2.75, 3.05) is 20.3 Å². The lowest BCUT2D eigenvalue weighted by molar-refractivity contribution is 0.284. The lowest BCUT2D eigenvalue weighted by Crippen LogP contribution is -2.06. The number of benzene rings is 1. The Balaban J connectivity index is 2.29. The van der Waals surface area contributed by atoms with Crippen molar-refractivity contribution in [1.82, 2.24) is 0 Å². The molecule has 1 unspecified atom stereocenters. The normalized spacial score (nSPS) is 16.8. The molecule has 0 N–H and O–H groups in total. The highest BCUT2D eigenvalue weighted by Crippen LogP contribution is 2.36. The first kappa shape index (κ1) is 13.7. The summed E-state index contributed by atoms with van der Waals surface area (Å²) in [6.45, 7) is 3.52. The molecule has 0 saturated carbocycles. The van der Waals surface area contributed by atoms with Crippen LogP contribution in [0.15, 0.2) is 12.1 Å². The third-order valence-corrected chi connectivity index (χ3v) is 3.14. The van der Waals surface area contributed by atoms with E-state index in [2.05, 4.69) is 13.0 Å². The van der Waals surface area contributed by atoms with E-state index in [0.717, 1.165) is 25.0 Å². The molecule has 1 heterocycles. The molecular formula is C15H19NO3. The van der Waals surface area contributed by atoms with Crippen LogP contribution in [0.5, 0.6) is 11.5 Å². The fourth-order valence-corrected chi connectivity index (χ4v) is 1.96. The van der Waals surface area contributed by atoms with Gasteiger partial charge in [-0.2, -0.15) is 5.26 Å². The minimum atomic E-state index is 0.215. The average Bonchev–Trinajstić information content (AvgIpc) is 3.24. The van der Waals surface area contributed by atoms with Crippen molar-refractivity contribution in [3.8, 4) is 17.6 Å². The molecular weight excluding hydrogens is 242 g/mol. The van der Waals surface area contributed by atoms with E-state index >= 15 is 0 Å². The van der Waals surface area contributed by atoms with E-state index in [9.17, 15) is 5.26 Å². The summed E-state index contributed by atoms with van der Waals surface area (Å²) in [5.74, 6) is 1.39. The highest BCUT2D eigenvalue weighted by atomic mass is 16.6. The van der Waals surface area contributed by atoms with Crippen LogP contribution < -0.4 is 9.47 Å². The maximum atomic E-state index is 9.22. The topological polar surface area (TPSA) is 54.8 Å². The van der Waals surface area contributed by atoms with Gasteiger partial charge in [-0.1, -0.05) is 13.3 Å². The third kappa shape index (κ3) is 3.39. The third-order valence-electron chi connectivity index (χ3n) is 3.14. The van der Waals surface area contributed by atoms with Crippen molar-refractivity contribution in [1.29, 1.82) is 5.26 Å². The first-order valence-corrected chi connectivity index (χ1v) is 6.64. The van der Waals surface area contributed by atoms with E-state index in [1.807, 2.05) is 0 Å². The SMILES string of the molecule is CCCCOc1c(OC)ccc(C#N)c1CC1CO1. The van der Waals surface area contributed by atoms with Crippen molar-refractivity contribution in [2.45, 2.75) is 32.3 Å². The summed E-state index contributed by atoms with van der Waals surface area (Å²) in [6.07, 6.45) is 2.98. The average molecular weight is 261 g/mol.